The lowest BCUT2D eigenvalue weighted by atomic mass is 10.1. The van der Waals surface area contributed by atoms with Gasteiger partial charge in [0, 0.05) is 19.6 Å². The highest BCUT2D eigenvalue weighted by Gasteiger charge is 2.33. The minimum Gasteiger partial charge on any atom is -0.354 e. The van der Waals surface area contributed by atoms with Gasteiger partial charge in [-0.15, -0.1) is 14.8 Å². The molecule has 2 aromatic rings. The minimum absolute atomic E-state index is 0.358. The summed E-state index contributed by atoms with van der Waals surface area (Å²) in [5.41, 5.74) is 6.48. The van der Waals surface area contributed by atoms with E-state index >= 15 is 0 Å². The second-order valence-electron chi connectivity index (χ2n) is 4.47. The molecule has 90 valence electrons. The van der Waals surface area contributed by atoms with E-state index in [1.54, 1.807) is 0 Å². The molecule has 7 nitrogen and oxygen atoms in total. The van der Waals surface area contributed by atoms with Gasteiger partial charge in [-0.05, 0) is 41.3 Å². The van der Waals surface area contributed by atoms with Crippen molar-refractivity contribution in [3.63, 3.8) is 0 Å². The Balaban J connectivity index is 1.90. The SMILES string of the molecule is CN(c1ccc2nnnn2n1)C(CN)C1CC1. The van der Waals surface area contributed by atoms with Crippen molar-refractivity contribution in [3.05, 3.63) is 12.1 Å². The van der Waals surface area contributed by atoms with E-state index in [2.05, 4.69) is 25.5 Å². The normalized spacial score (nSPS) is 17.3. The Hall–Kier alpha value is -1.76. The zero-order chi connectivity index (χ0) is 11.8. The summed E-state index contributed by atoms with van der Waals surface area (Å²) >= 11 is 0. The third-order valence-electron chi connectivity index (χ3n) is 3.32. The third kappa shape index (κ3) is 1.82. The zero-order valence-corrected chi connectivity index (χ0v) is 9.69. The van der Waals surface area contributed by atoms with Crippen molar-refractivity contribution in [2.24, 2.45) is 11.7 Å². The van der Waals surface area contributed by atoms with Crippen LogP contribution in [-0.2, 0) is 0 Å². The monoisotopic (exact) mass is 233 g/mol. The molecular formula is C10H15N7. The van der Waals surface area contributed by atoms with Crippen LogP contribution in [0.2, 0.25) is 0 Å². The fourth-order valence-corrected chi connectivity index (χ4v) is 2.15. The van der Waals surface area contributed by atoms with Crippen LogP contribution in [0.5, 0.6) is 0 Å². The van der Waals surface area contributed by atoms with Gasteiger partial charge in [-0.3, -0.25) is 0 Å². The first kappa shape index (κ1) is 10.4. The van der Waals surface area contributed by atoms with Gasteiger partial charge >= 0.3 is 0 Å². The lowest BCUT2D eigenvalue weighted by molar-refractivity contribution is 0.560. The fraction of sp³-hybridized carbons (Fsp3) is 0.600. The lowest BCUT2D eigenvalue weighted by Gasteiger charge is -2.27. The minimum atomic E-state index is 0.358. The molecule has 1 fully saturated rings. The molecule has 2 aromatic heterocycles. The van der Waals surface area contributed by atoms with Crippen LogP contribution in [0.1, 0.15) is 12.8 Å². The van der Waals surface area contributed by atoms with E-state index in [4.69, 9.17) is 5.73 Å². The molecule has 1 aliphatic rings. The third-order valence-corrected chi connectivity index (χ3v) is 3.32. The Morgan fingerprint density at radius 1 is 1.53 bits per heavy atom. The summed E-state index contributed by atoms with van der Waals surface area (Å²) in [4.78, 5) is 2.12. The molecule has 0 amide bonds. The molecule has 0 aliphatic heterocycles. The average Bonchev–Trinajstić information content (AvgIpc) is 3.07. The number of nitrogens with two attached hydrogens (primary N) is 1. The maximum Gasteiger partial charge on any atom is 0.200 e. The van der Waals surface area contributed by atoms with E-state index in [1.807, 2.05) is 19.2 Å². The number of rotatable bonds is 4. The van der Waals surface area contributed by atoms with Crippen LogP contribution in [-0.4, -0.2) is 44.9 Å². The molecule has 0 saturated heterocycles. The molecule has 0 spiro atoms. The number of likely N-dealkylation sites (N-methyl/N-ethyl adjacent to an activating group) is 1. The topological polar surface area (TPSA) is 85.2 Å². The highest BCUT2D eigenvalue weighted by molar-refractivity contribution is 5.44. The molecule has 17 heavy (non-hydrogen) atoms. The number of tetrazole rings is 1. The molecule has 1 aliphatic carbocycles. The van der Waals surface area contributed by atoms with Gasteiger partial charge in [-0.25, -0.2) is 0 Å². The zero-order valence-electron chi connectivity index (χ0n) is 9.69. The smallest absolute Gasteiger partial charge is 0.200 e. The molecule has 0 radical (unpaired) electrons. The molecular weight excluding hydrogens is 218 g/mol. The number of hydrogen-bond donors (Lipinski definition) is 1. The van der Waals surface area contributed by atoms with Crippen LogP contribution in [0.15, 0.2) is 12.1 Å². The maximum atomic E-state index is 5.83. The molecule has 0 aromatic carbocycles. The number of nitrogens with zero attached hydrogens (tertiary/aromatic N) is 6. The summed E-state index contributed by atoms with van der Waals surface area (Å²) in [6.07, 6.45) is 2.53. The predicted molar refractivity (Wildman–Crippen MR) is 62.5 cm³/mol. The Morgan fingerprint density at radius 2 is 2.35 bits per heavy atom. The van der Waals surface area contributed by atoms with Gasteiger partial charge in [0.05, 0.1) is 0 Å². The Kier molecular flexibility index (Phi) is 2.40. The number of hydrogen-bond acceptors (Lipinski definition) is 6. The Labute approximate surface area is 98.6 Å². The molecule has 1 saturated carbocycles. The molecule has 7 heteroatoms. The van der Waals surface area contributed by atoms with Crippen LogP contribution in [0.4, 0.5) is 5.82 Å². The van der Waals surface area contributed by atoms with Crippen LogP contribution in [0, 0.1) is 5.92 Å². The van der Waals surface area contributed by atoms with Crippen LogP contribution in [0.25, 0.3) is 5.65 Å². The molecule has 3 rings (SSSR count). The summed E-state index contributed by atoms with van der Waals surface area (Å²) < 4.78 is 1.44. The van der Waals surface area contributed by atoms with Crippen molar-refractivity contribution in [3.8, 4) is 0 Å². The van der Waals surface area contributed by atoms with Gasteiger partial charge in [0.15, 0.2) is 11.5 Å². The first-order chi connectivity index (χ1) is 8.29. The van der Waals surface area contributed by atoms with Gasteiger partial charge in [-0.1, -0.05) is 0 Å². The van der Waals surface area contributed by atoms with E-state index in [1.165, 1.54) is 17.5 Å². The standard InChI is InChI=1S/C10H15N7/c1-16(8(6-11)7-2-3-7)10-5-4-9-12-14-15-17(9)13-10/h4-5,7-8H,2-3,6,11H2,1H3. The first-order valence-corrected chi connectivity index (χ1v) is 5.78. The fourth-order valence-electron chi connectivity index (χ4n) is 2.15. The Morgan fingerprint density at radius 3 is 3.06 bits per heavy atom. The van der Waals surface area contributed by atoms with E-state index < -0.39 is 0 Å². The first-order valence-electron chi connectivity index (χ1n) is 5.78. The Bertz CT molecular complexity index is 518. The van der Waals surface area contributed by atoms with E-state index in [-0.39, 0.29) is 0 Å². The van der Waals surface area contributed by atoms with E-state index in [0.717, 1.165) is 5.82 Å². The molecule has 0 bridgehead atoms. The van der Waals surface area contributed by atoms with Gasteiger partial charge < -0.3 is 10.6 Å². The molecule has 1 atom stereocenters. The molecule has 2 heterocycles. The van der Waals surface area contributed by atoms with Crippen LogP contribution in [0.3, 0.4) is 0 Å². The summed E-state index contributed by atoms with van der Waals surface area (Å²) in [7, 11) is 2.02. The summed E-state index contributed by atoms with van der Waals surface area (Å²) in [5.74, 6) is 1.56. The van der Waals surface area contributed by atoms with E-state index in [0.29, 0.717) is 24.2 Å². The van der Waals surface area contributed by atoms with Crippen molar-refractivity contribution in [2.45, 2.75) is 18.9 Å². The largest absolute Gasteiger partial charge is 0.354 e. The summed E-state index contributed by atoms with van der Waals surface area (Å²) in [6, 6.07) is 4.15. The highest BCUT2D eigenvalue weighted by atomic mass is 15.6. The van der Waals surface area contributed by atoms with Gasteiger partial charge in [0.2, 0.25) is 0 Å². The van der Waals surface area contributed by atoms with Crippen LogP contribution >= 0.6 is 0 Å². The van der Waals surface area contributed by atoms with Crippen molar-refractivity contribution >= 4 is 11.5 Å². The summed E-state index contributed by atoms with van der Waals surface area (Å²) in [6.45, 7) is 0.649. The average molecular weight is 233 g/mol. The predicted octanol–water partition coefficient (Wildman–Crippen LogP) is -0.307. The van der Waals surface area contributed by atoms with Gasteiger partial charge in [-0.2, -0.15) is 0 Å². The van der Waals surface area contributed by atoms with Crippen molar-refractivity contribution in [2.75, 3.05) is 18.5 Å². The highest BCUT2D eigenvalue weighted by Crippen LogP contribution is 2.35. The molecule has 2 N–H and O–H groups in total. The number of aromatic nitrogens is 5. The van der Waals surface area contributed by atoms with Crippen molar-refractivity contribution in [1.29, 1.82) is 0 Å². The number of anilines is 1. The van der Waals surface area contributed by atoms with Crippen molar-refractivity contribution in [1.82, 2.24) is 25.3 Å². The van der Waals surface area contributed by atoms with Gasteiger partial charge in [0.1, 0.15) is 0 Å². The van der Waals surface area contributed by atoms with E-state index in [9.17, 15) is 0 Å². The second kappa shape index (κ2) is 3.92. The summed E-state index contributed by atoms with van der Waals surface area (Å²) in [5, 5.41) is 15.6. The lowest BCUT2D eigenvalue weighted by Crippen LogP contribution is -2.40. The van der Waals surface area contributed by atoms with Crippen molar-refractivity contribution < 1.29 is 0 Å². The number of fused-ring (bicyclic) bond motifs is 1. The van der Waals surface area contributed by atoms with Gasteiger partial charge in [0.25, 0.3) is 0 Å². The molecule has 1 unspecified atom stereocenters. The van der Waals surface area contributed by atoms with Crippen LogP contribution < -0.4 is 10.6 Å². The maximum absolute atomic E-state index is 5.83. The second-order valence-corrected chi connectivity index (χ2v) is 4.47. The quantitative estimate of drug-likeness (QED) is 0.780.